The molecule has 8 nitrogen and oxygen atoms in total. The highest BCUT2D eigenvalue weighted by Gasteiger charge is 2.29. The van der Waals surface area contributed by atoms with Gasteiger partial charge in [0.25, 0.3) is 0 Å². The van der Waals surface area contributed by atoms with Gasteiger partial charge in [-0.1, -0.05) is 6.92 Å². The van der Waals surface area contributed by atoms with Crippen LogP contribution in [0.5, 0.6) is 0 Å². The number of anilines is 1. The van der Waals surface area contributed by atoms with Crippen LogP contribution in [0.4, 0.5) is 11.4 Å². The Bertz CT molecular complexity index is 671. The van der Waals surface area contributed by atoms with E-state index in [1.807, 2.05) is 0 Å². The number of hydrogen-bond donors (Lipinski definition) is 1. The first-order valence-corrected chi connectivity index (χ1v) is 6.98. The molecule has 1 aliphatic rings. The van der Waals surface area contributed by atoms with E-state index in [4.69, 9.17) is 10.4 Å². The summed E-state index contributed by atoms with van der Waals surface area (Å²) in [5.41, 5.74) is 7.21. The average Bonchev–Trinajstić information content (AvgIpc) is 2.95. The van der Waals surface area contributed by atoms with Crippen LogP contribution in [-0.4, -0.2) is 34.4 Å². The summed E-state index contributed by atoms with van der Waals surface area (Å²) in [7, 11) is 0. The molecule has 1 fully saturated rings. The van der Waals surface area contributed by atoms with Crippen LogP contribution in [0.15, 0.2) is 16.8 Å². The molecule has 0 spiro atoms. The number of nitro groups is 1. The minimum atomic E-state index is -0.477. The molecule has 2 aromatic rings. The van der Waals surface area contributed by atoms with E-state index in [9.17, 15) is 10.1 Å². The number of nitrogens with two attached hydrogens (primary N) is 1. The first kappa shape index (κ1) is 13.7. The maximum Gasteiger partial charge on any atom is 0.300 e. The molecule has 8 heteroatoms. The molecule has 0 bridgehead atoms. The van der Waals surface area contributed by atoms with Crippen molar-refractivity contribution < 1.29 is 9.55 Å². The lowest BCUT2D eigenvalue weighted by Crippen LogP contribution is -2.46. The maximum absolute atomic E-state index is 11.0. The van der Waals surface area contributed by atoms with E-state index < -0.39 is 4.92 Å². The zero-order valence-electron chi connectivity index (χ0n) is 11.7. The summed E-state index contributed by atoms with van der Waals surface area (Å²) in [5.74, 6) is 0.624. The van der Waals surface area contributed by atoms with Crippen LogP contribution in [0.25, 0.3) is 11.0 Å². The molecular formula is C13H17N5O3. The van der Waals surface area contributed by atoms with E-state index in [2.05, 4.69) is 22.1 Å². The van der Waals surface area contributed by atoms with Crippen LogP contribution < -0.4 is 10.6 Å². The second-order valence-electron chi connectivity index (χ2n) is 5.53. The lowest BCUT2D eigenvalue weighted by atomic mass is 9.92. The minimum Gasteiger partial charge on any atom is -0.365 e. The predicted octanol–water partition coefficient (Wildman–Crippen LogP) is 1.69. The Morgan fingerprint density at radius 3 is 2.95 bits per heavy atom. The van der Waals surface area contributed by atoms with Gasteiger partial charge in [-0.25, -0.2) is 4.63 Å². The molecule has 21 heavy (non-hydrogen) atoms. The second-order valence-corrected chi connectivity index (χ2v) is 5.53. The van der Waals surface area contributed by atoms with Crippen molar-refractivity contribution in [1.82, 2.24) is 10.3 Å². The minimum absolute atomic E-state index is 0.0929. The van der Waals surface area contributed by atoms with E-state index in [1.54, 1.807) is 6.07 Å². The largest absolute Gasteiger partial charge is 0.365 e. The molecule has 1 aromatic carbocycles. The van der Waals surface area contributed by atoms with Crippen molar-refractivity contribution in [3.63, 3.8) is 0 Å². The first-order chi connectivity index (χ1) is 10.1. The lowest BCUT2D eigenvalue weighted by Gasteiger charge is -2.39. The maximum atomic E-state index is 11.0. The lowest BCUT2D eigenvalue weighted by molar-refractivity contribution is -0.383. The third-order valence-electron chi connectivity index (χ3n) is 4.13. The SMILES string of the molecule is CC1CCN(c2ccc([N+](=O)[O-])c3nonc23)C(CN)C1. The normalized spacial score (nSPS) is 22.7. The zero-order valence-corrected chi connectivity index (χ0v) is 11.7. The second kappa shape index (κ2) is 5.28. The van der Waals surface area contributed by atoms with Crippen LogP contribution in [0.2, 0.25) is 0 Å². The van der Waals surface area contributed by atoms with Crippen molar-refractivity contribution in [2.75, 3.05) is 18.0 Å². The Labute approximate surface area is 121 Å². The molecule has 2 unspecified atom stereocenters. The van der Waals surface area contributed by atoms with Gasteiger partial charge in [0, 0.05) is 25.2 Å². The van der Waals surface area contributed by atoms with Crippen molar-refractivity contribution in [3.8, 4) is 0 Å². The highest BCUT2D eigenvalue weighted by molar-refractivity contribution is 5.94. The monoisotopic (exact) mass is 291 g/mol. The fourth-order valence-corrected chi connectivity index (χ4v) is 3.01. The van der Waals surface area contributed by atoms with E-state index >= 15 is 0 Å². The number of nitrogens with zero attached hydrogens (tertiary/aromatic N) is 4. The molecule has 1 aliphatic heterocycles. The number of hydrogen-bond acceptors (Lipinski definition) is 7. The summed E-state index contributed by atoms with van der Waals surface area (Å²) in [5, 5.41) is 18.6. The quantitative estimate of drug-likeness (QED) is 0.676. The van der Waals surface area contributed by atoms with Gasteiger partial charge in [-0.2, -0.15) is 0 Å². The van der Waals surface area contributed by atoms with Gasteiger partial charge < -0.3 is 10.6 Å². The molecule has 3 rings (SSSR count). The van der Waals surface area contributed by atoms with Gasteiger partial charge in [0.05, 0.1) is 10.6 Å². The molecule has 0 saturated carbocycles. The third-order valence-corrected chi connectivity index (χ3v) is 4.13. The van der Waals surface area contributed by atoms with E-state index in [0.717, 1.165) is 25.1 Å². The third kappa shape index (κ3) is 2.31. The molecule has 112 valence electrons. The Morgan fingerprint density at radius 1 is 1.48 bits per heavy atom. The standard InChI is InChI=1S/C13H17N5O3/c1-8-4-5-17(9(6-8)7-14)10-2-3-11(18(19)20)13-12(10)15-21-16-13/h2-3,8-9H,4-7,14H2,1H3. The number of rotatable bonds is 3. The molecule has 2 heterocycles. The zero-order chi connectivity index (χ0) is 15.0. The molecule has 2 atom stereocenters. The van der Waals surface area contributed by atoms with Crippen LogP contribution in [0.3, 0.4) is 0 Å². The summed E-state index contributed by atoms with van der Waals surface area (Å²) >= 11 is 0. The Hall–Kier alpha value is -2.22. The topological polar surface area (TPSA) is 111 Å². The summed E-state index contributed by atoms with van der Waals surface area (Å²) in [6.07, 6.45) is 2.06. The highest BCUT2D eigenvalue weighted by Crippen LogP contribution is 2.35. The van der Waals surface area contributed by atoms with Crippen LogP contribution in [0.1, 0.15) is 19.8 Å². The summed E-state index contributed by atoms with van der Waals surface area (Å²) in [6, 6.07) is 3.37. The smallest absolute Gasteiger partial charge is 0.300 e. The number of non-ortho nitro benzene ring substituents is 1. The number of nitro benzene ring substituents is 1. The molecule has 1 aromatic heterocycles. The average molecular weight is 291 g/mol. The number of fused-ring (bicyclic) bond motifs is 1. The van der Waals surface area contributed by atoms with Crippen molar-refractivity contribution in [3.05, 3.63) is 22.2 Å². The fourth-order valence-electron chi connectivity index (χ4n) is 3.01. The highest BCUT2D eigenvalue weighted by atomic mass is 16.6. The number of aromatic nitrogens is 2. The first-order valence-electron chi connectivity index (χ1n) is 6.98. The van der Waals surface area contributed by atoms with Crippen molar-refractivity contribution in [2.24, 2.45) is 11.7 Å². The molecule has 0 amide bonds. The van der Waals surface area contributed by atoms with Crippen molar-refractivity contribution in [2.45, 2.75) is 25.8 Å². The van der Waals surface area contributed by atoms with Crippen LogP contribution in [-0.2, 0) is 0 Å². The van der Waals surface area contributed by atoms with E-state index in [1.165, 1.54) is 6.07 Å². The Balaban J connectivity index is 2.06. The van der Waals surface area contributed by atoms with Gasteiger partial charge in [0.15, 0.2) is 5.52 Å². The van der Waals surface area contributed by atoms with Gasteiger partial charge >= 0.3 is 5.69 Å². The molecule has 0 aliphatic carbocycles. The molecule has 1 saturated heterocycles. The molecule has 0 radical (unpaired) electrons. The van der Waals surface area contributed by atoms with Crippen molar-refractivity contribution >= 4 is 22.4 Å². The van der Waals surface area contributed by atoms with E-state index in [-0.39, 0.29) is 17.2 Å². The number of piperidine rings is 1. The Morgan fingerprint density at radius 2 is 2.24 bits per heavy atom. The summed E-state index contributed by atoms with van der Waals surface area (Å²) in [6.45, 7) is 3.60. The van der Waals surface area contributed by atoms with Gasteiger partial charge in [-0.15, -0.1) is 0 Å². The van der Waals surface area contributed by atoms with Crippen LogP contribution >= 0.6 is 0 Å². The Kier molecular flexibility index (Phi) is 3.46. The predicted molar refractivity (Wildman–Crippen MR) is 77.0 cm³/mol. The van der Waals surface area contributed by atoms with E-state index in [0.29, 0.717) is 18.0 Å². The van der Waals surface area contributed by atoms with Gasteiger partial charge in [-0.05, 0) is 35.1 Å². The molecule has 2 N–H and O–H groups in total. The van der Waals surface area contributed by atoms with Gasteiger partial charge in [0.2, 0.25) is 5.52 Å². The summed E-state index contributed by atoms with van der Waals surface area (Å²) in [4.78, 5) is 12.7. The van der Waals surface area contributed by atoms with Gasteiger partial charge in [-0.3, -0.25) is 10.1 Å². The van der Waals surface area contributed by atoms with Gasteiger partial charge in [0.1, 0.15) is 0 Å². The summed E-state index contributed by atoms with van der Waals surface area (Å²) < 4.78 is 4.71. The van der Waals surface area contributed by atoms with Crippen molar-refractivity contribution in [1.29, 1.82) is 0 Å². The number of benzene rings is 1. The molecular weight excluding hydrogens is 274 g/mol. The fraction of sp³-hybridized carbons (Fsp3) is 0.538. The van der Waals surface area contributed by atoms with Crippen LogP contribution in [0, 0.1) is 16.0 Å².